The van der Waals surface area contributed by atoms with E-state index in [1.54, 1.807) is 0 Å². The van der Waals surface area contributed by atoms with Crippen molar-refractivity contribution in [3.05, 3.63) is 0 Å². The molecule has 14 heteroatoms. The van der Waals surface area contributed by atoms with Crippen LogP contribution in [0.2, 0.25) is 0 Å². The Kier molecular flexibility index (Phi) is 5.90. The molecule has 0 rings (SSSR count). The fourth-order valence-corrected chi connectivity index (χ4v) is 2.65. The van der Waals surface area contributed by atoms with Gasteiger partial charge in [0, 0.05) is 0 Å². The van der Waals surface area contributed by atoms with Gasteiger partial charge in [0.2, 0.25) is 0 Å². The highest BCUT2D eigenvalue weighted by atomic mass is 31.2. The Morgan fingerprint density at radius 3 is 1.28 bits per heavy atom. The van der Waals surface area contributed by atoms with E-state index in [4.69, 9.17) is 29.4 Å². The average Bonchev–Trinajstić information content (AvgIpc) is 2.07. The summed E-state index contributed by atoms with van der Waals surface area (Å²) in [5.41, 5.74) is 0. The molecule has 0 aromatic heterocycles. The van der Waals surface area contributed by atoms with Crippen molar-refractivity contribution < 1.29 is 43.1 Å². The Bertz CT molecular complexity index is 394. The van der Waals surface area contributed by atoms with E-state index in [0.717, 1.165) is 6.92 Å². The molecule has 0 saturated carbocycles. The lowest BCUT2D eigenvalue weighted by Gasteiger charge is -2.32. The largest absolute Gasteiger partial charge is 0.359 e. The van der Waals surface area contributed by atoms with Gasteiger partial charge in [0.15, 0.2) is 5.40 Å². The third-order valence-corrected chi connectivity index (χ3v) is 4.46. The van der Waals surface area contributed by atoms with Gasteiger partial charge in [0.25, 0.3) is 0 Å². The third-order valence-electron chi connectivity index (χ3n) is 1.84. The van der Waals surface area contributed by atoms with Crippen LogP contribution in [0.1, 0.15) is 6.92 Å². The topological polar surface area (TPSA) is 197 Å². The van der Waals surface area contributed by atoms with E-state index in [-0.39, 0.29) is 0 Å². The second-order valence-electron chi connectivity index (χ2n) is 3.62. The predicted octanol–water partition coefficient (Wildman–Crippen LogP) is -1.71. The maximum Gasteiger partial charge on any atom is 0.359 e. The summed E-state index contributed by atoms with van der Waals surface area (Å²) in [5, 5.41) is 1.37. The summed E-state index contributed by atoms with van der Waals surface area (Å²) in [6, 6.07) is 0. The lowest BCUT2D eigenvalue weighted by atomic mass is 10.6. The Morgan fingerprint density at radius 2 is 1.11 bits per heavy atom. The molecule has 0 aliphatic rings. The van der Waals surface area contributed by atoms with Gasteiger partial charge in [-0.05, 0) is 6.92 Å². The van der Waals surface area contributed by atoms with Crippen molar-refractivity contribution in [2.24, 2.45) is 0 Å². The van der Waals surface area contributed by atoms with Crippen molar-refractivity contribution in [3.8, 4) is 0 Å². The van der Waals surface area contributed by atoms with E-state index >= 15 is 0 Å². The highest BCUT2D eigenvalue weighted by Crippen LogP contribution is 2.49. The van der Waals surface area contributed by atoms with Crippen LogP contribution in [-0.4, -0.2) is 47.3 Å². The summed E-state index contributed by atoms with van der Waals surface area (Å²) >= 11 is 0. The van der Waals surface area contributed by atoms with Crippen LogP contribution in [-0.2, 0) is 13.7 Å². The van der Waals surface area contributed by atoms with Crippen LogP contribution in [0.25, 0.3) is 0 Å². The Hall–Kier alpha value is 0.370. The standard InChI is InChI=1S/C4H15N2O9P3/c1-4(18(13,14)15,5-2-16(7,8)9)6-3-17(10,11)12/h5-6H,2-3H2,1H3,(H2,7,8,9)(H2,10,11,12)(H2,13,14,15). The SMILES string of the molecule is CC(NCP(=O)(O)O)(NCP(=O)(O)O)P(=O)(O)O. The zero-order valence-corrected chi connectivity index (χ0v) is 11.8. The van der Waals surface area contributed by atoms with E-state index in [0.29, 0.717) is 0 Å². The smallest absolute Gasteiger partial charge is 0.324 e. The van der Waals surface area contributed by atoms with Gasteiger partial charge in [-0.3, -0.25) is 24.3 Å². The van der Waals surface area contributed by atoms with Gasteiger partial charge < -0.3 is 29.4 Å². The van der Waals surface area contributed by atoms with E-state index in [9.17, 15) is 13.7 Å². The average molecular weight is 328 g/mol. The molecular weight excluding hydrogens is 313 g/mol. The third kappa shape index (κ3) is 7.08. The first-order valence-corrected chi connectivity index (χ1v) is 9.52. The second kappa shape index (κ2) is 5.78. The lowest BCUT2D eigenvalue weighted by Crippen LogP contribution is -2.54. The molecule has 0 aromatic rings. The van der Waals surface area contributed by atoms with Gasteiger partial charge in [-0.15, -0.1) is 0 Å². The van der Waals surface area contributed by atoms with Crippen LogP contribution in [0.15, 0.2) is 0 Å². The van der Waals surface area contributed by atoms with Crippen LogP contribution in [0, 0.1) is 0 Å². The fraction of sp³-hybridized carbons (Fsp3) is 1.00. The minimum atomic E-state index is -4.97. The summed E-state index contributed by atoms with van der Waals surface area (Å²) in [4.78, 5) is 52.4. The van der Waals surface area contributed by atoms with E-state index < -0.39 is 40.8 Å². The summed E-state index contributed by atoms with van der Waals surface area (Å²) in [6.07, 6.45) is -2.13. The van der Waals surface area contributed by atoms with Crippen molar-refractivity contribution in [1.29, 1.82) is 0 Å². The van der Waals surface area contributed by atoms with Gasteiger partial charge >= 0.3 is 22.8 Å². The minimum Gasteiger partial charge on any atom is -0.324 e. The Morgan fingerprint density at radius 1 is 0.833 bits per heavy atom. The molecule has 0 spiro atoms. The van der Waals surface area contributed by atoms with Crippen molar-refractivity contribution in [1.82, 2.24) is 10.6 Å². The number of nitrogens with one attached hydrogen (secondary N) is 2. The van der Waals surface area contributed by atoms with Gasteiger partial charge in [0.05, 0.1) is 0 Å². The molecular formula is C4H15N2O9P3. The minimum absolute atomic E-state index is 0.832. The molecule has 0 radical (unpaired) electrons. The van der Waals surface area contributed by atoms with E-state index in [1.165, 1.54) is 0 Å². The van der Waals surface area contributed by atoms with Crippen molar-refractivity contribution >= 4 is 22.8 Å². The monoisotopic (exact) mass is 328 g/mol. The van der Waals surface area contributed by atoms with Crippen LogP contribution < -0.4 is 10.6 Å². The van der Waals surface area contributed by atoms with Crippen LogP contribution in [0.4, 0.5) is 0 Å². The molecule has 0 heterocycles. The maximum absolute atomic E-state index is 11.2. The molecule has 11 nitrogen and oxygen atoms in total. The van der Waals surface area contributed by atoms with E-state index in [1.807, 2.05) is 10.6 Å². The first kappa shape index (κ1) is 18.4. The number of rotatable bonds is 7. The van der Waals surface area contributed by atoms with E-state index in [2.05, 4.69) is 0 Å². The number of hydrogen-bond donors (Lipinski definition) is 8. The molecule has 0 fully saturated rings. The van der Waals surface area contributed by atoms with Gasteiger partial charge in [-0.1, -0.05) is 0 Å². The van der Waals surface area contributed by atoms with Crippen LogP contribution in [0.3, 0.4) is 0 Å². The second-order valence-corrected chi connectivity index (χ2v) is 8.89. The number of hydrogen-bond acceptors (Lipinski definition) is 5. The van der Waals surface area contributed by atoms with Crippen LogP contribution in [0.5, 0.6) is 0 Å². The molecule has 0 bridgehead atoms. The lowest BCUT2D eigenvalue weighted by molar-refractivity contribution is 0.277. The first-order valence-electron chi connectivity index (χ1n) is 4.31. The highest BCUT2D eigenvalue weighted by Gasteiger charge is 2.44. The molecule has 0 saturated heterocycles. The fourth-order valence-electron chi connectivity index (χ4n) is 0.782. The molecule has 0 unspecified atom stereocenters. The molecule has 0 aromatic carbocycles. The highest BCUT2D eigenvalue weighted by molar-refractivity contribution is 7.54. The van der Waals surface area contributed by atoms with Crippen LogP contribution >= 0.6 is 22.8 Å². The van der Waals surface area contributed by atoms with Crippen molar-refractivity contribution in [3.63, 3.8) is 0 Å². The maximum atomic E-state index is 11.2. The first-order chi connectivity index (χ1) is 7.66. The Balaban J connectivity index is 4.92. The molecule has 0 amide bonds. The molecule has 0 aliphatic heterocycles. The molecule has 8 N–H and O–H groups in total. The molecule has 110 valence electrons. The Labute approximate surface area is 102 Å². The summed E-state index contributed by atoms with van der Waals surface area (Å²) < 4.78 is 32.4. The normalized spacial score (nSPS) is 14.8. The van der Waals surface area contributed by atoms with Gasteiger partial charge in [0.1, 0.15) is 12.6 Å². The quantitative estimate of drug-likeness (QED) is 0.195. The zero-order chi connectivity index (χ0) is 14.8. The van der Waals surface area contributed by atoms with Crippen molar-refractivity contribution in [2.45, 2.75) is 12.3 Å². The summed E-state index contributed by atoms with van der Waals surface area (Å²) in [7, 11) is -14.1. The molecule has 0 aliphatic carbocycles. The van der Waals surface area contributed by atoms with Crippen molar-refractivity contribution in [2.75, 3.05) is 12.6 Å². The predicted molar refractivity (Wildman–Crippen MR) is 60.5 cm³/mol. The molecule has 0 atom stereocenters. The van der Waals surface area contributed by atoms with Gasteiger partial charge in [-0.25, -0.2) is 0 Å². The molecule has 18 heavy (non-hydrogen) atoms. The summed E-state index contributed by atoms with van der Waals surface area (Å²) in [6.45, 7) is 0.832. The van der Waals surface area contributed by atoms with Gasteiger partial charge in [-0.2, -0.15) is 0 Å². The summed E-state index contributed by atoms with van der Waals surface area (Å²) in [5.74, 6) is 0. The zero-order valence-electron chi connectivity index (χ0n) is 9.16.